The highest BCUT2D eigenvalue weighted by Crippen LogP contribution is 2.15. The molecule has 0 saturated carbocycles. The highest BCUT2D eigenvalue weighted by molar-refractivity contribution is 5.73. The molecule has 0 radical (unpaired) electrons. The SMILES string of the molecule is C[C@H](OCCCNC(=O)NCc1ccc(F)cc1)c1ccccc1. The molecule has 128 valence electrons. The van der Waals surface area contributed by atoms with Gasteiger partial charge in [-0.15, -0.1) is 0 Å². The smallest absolute Gasteiger partial charge is 0.315 e. The summed E-state index contributed by atoms with van der Waals surface area (Å²) >= 11 is 0. The highest BCUT2D eigenvalue weighted by Gasteiger charge is 2.05. The van der Waals surface area contributed by atoms with Crippen LogP contribution in [0.25, 0.3) is 0 Å². The predicted octanol–water partition coefficient (Wildman–Crippen LogP) is 3.79. The molecule has 24 heavy (non-hydrogen) atoms. The van der Waals surface area contributed by atoms with Gasteiger partial charge in [-0.05, 0) is 36.6 Å². The lowest BCUT2D eigenvalue weighted by Crippen LogP contribution is -2.35. The molecule has 0 fully saturated rings. The lowest BCUT2D eigenvalue weighted by molar-refractivity contribution is 0.0644. The van der Waals surface area contributed by atoms with Gasteiger partial charge in [-0.1, -0.05) is 42.5 Å². The fourth-order valence-corrected chi connectivity index (χ4v) is 2.20. The van der Waals surface area contributed by atoms with Crippen molar-refractivity contribution < 1.29 is 13.9 Å². The van der Waals surface area contributed by atoms with Crippen molar-refractivity contribution in [3.8, 4) is 0 Å². The Kier molecular flexibility index (Phi) is 7.23. The number of amides is 2. The second kappa shape index (κ2) is 9.67. The number of carbonyl (C=O) groups excluding carboxylic acids is 1. The topological polar surface area (TPSA) is 50.4 Å². The van der Waals surface area contributed by atoms with Crippen molar-refractivity contribution in [3.63, 3.8) is 0 Å². The molecule has 0 saturated heterocycles. The molecule has 0 aliphatic rings. The zero-order chi connectivity index (χ0) is 17.2. The fraction of sp³-hybridized carbons (Fsp3) is 0.316. The van der Waals surface area contributed by atoms with Gasteiger partial charge in [-0.25, -0.2) is 9.18 Å². The van der Waals surface area contributed by atoms with E-state index in [0.29, 0.717) is 19.7 Å². The van der Waals surface area contributed by atoms with E-state index in [2.05, 4.69) is 10.6 Å². The summed E-state index contributed by atoms with van der Waals surface area (Å²) < 4.78 is 18.5. The lowest BCUT2D eigenvalue weighted by atomic mass is 10.1. The van der Waals surface area contributed by atoms with E-state index in [1.165, 1.54) is 12.1 Å². The predicted molar refractivity (Wildman–Crippen MR) is 92.1 cm³/mol. The monoisotopic (exact) mass is 330 g/mol. The molecular formula is C19H23FN2O2. The van der Waals surface area contributed by atoms with E-state index >= 15 is 0 Å². The summed E-state index contributed by atoms with van der Waals surface area (Å²) in [5.41, 5.74) is 1.99. The van der Waals surface area contributed by atoms with Gasteiger partial charge >= 0.3 is 6.03 Å². The maximum atomic E-state index is 12.8. The van der Waals surface area contributed by atoms with Crippen LogP contribution in [0.4, 0.5) is 9.18 Å². The van der Waals surface area contributed by atoms with Crippen LogP contribution in [0.2, 0.25) is 0 Å². The minimum atomic E-state index is -0.284. The van der Waals surface area contributed by atoms with Crippen molar-refractivity contribution in [1.29, 1.82) is 0 Å². The quantitative estimate of drug-likeness (QED) is 0.724. The van der Waals surface area contributed by atoms with E-state index in [4.69, 9.17) is 4.74 Å². The first kappa shape index (κ1) is 17.9. The summed E-state index contributed by atoms with van der Waals surface area (Å²) in [6, 6.07) is 15.8. The molecule has 2 aromatic carbocycles. The van der Waals surface area contributed by atoms with Crippen molar-refractivity contribution in [1.82, 2.24) is 10.6 Å². The van der Waals surface area contributed by atoms with Crippen molar-refractivity contribution in [3.05, 3.63) is 71.5 Å². The zero-order valence-corrected chi connectivity index (χ0v) is 13.8. The molecule has 0 bridgehead atoms. The minimum Gasteiger partial charge on any atom is -0.374 e. The van der Waals surface area contributed by atoms with E-state index in [9.17, 15) is 9.18 Å². The Morgan fingerprint density at radius 3 is 2.50 bits per heavy atom. The van der Waals surface area contributed by atoms with Gasteiger partial charge in [0.15, 0.2) is 0 Å². The normalized spacial score (nSPS) is 11.8. The van der Waals surface area contributed by atoms with Gasteiger partial charge in [0.05, 0.1) is 6.10 Å². The summed E-state index contributed by atoms with van der Waals surface area (Å²) in [5, 5.41) is 5.50. The second-order valence-corrected chi connectivity index (χ2v) is 5.51. The summed E-state index contributed by atoms with van der Waals surface area (Å²) in [6.07, 6.45) is 0.778. The molecule has 0 aliphatic heterocycles. The van der Waals surface area contributed by atoms with Crippen LogP contribution in [0.1, 0.15) is 30.6 Å². The number of urea groups is 1. The third kappa shape index (κ3) is 6.38. The average Bonchev–Trinajstić information content (AvgIpc) is 2.61. The Bertz CT molecular complexity index is 617. The molecule has 0 unspecified atom stereocenters. The largest absolute Gasteiger partial charge is 0.374 e. The molecule has 4 nitrogen and oxygen atoms in total. The molecule has 2 aromatic rings. The van der Waals surface area contributed by atoms with Gasteiger partial charge in [0.1, 0.15) is 5.82 Å². The molecule has 5 heteroatoms. The Morgan fingerprint density at radius 2 is 1.79 bits per heavy atom. The number of hydrogen-bond acceptors (Lipinski definition) is 2. The number of benzene rings is 2. The number of halogens is 1. The Morgan fingerprint density at radius 1 is 1.08 bits per heavy atom. The summed E-state index contributed by atoms with van der Waals surface area (Å²) in [5.74, 6) is -0.284. The van der Waals surface area contributed by atoms with Crippen molar-refractivity contribution in [2.75, 3.05) is 13.2 Å². The van der Waals surface area contributed by atoms with Crippen LogP contribution in [0.15, 0.2) is 54.6 Å². The minimum absolute atomic E-state index is 0.0403. The van der Waals surface area contributed by atoms with E-state index < -0.39 is 0 Å². The first-order valence-corrected chi connectivity index (χ1v) is 8.08. The summed E-state index contributed by atoms with van der Waals surface area (Å²) in [7, 11) is 0. The number of hydrogen-bond donors (Lipinski definition) is 2. The standard InChI is InChI=1S/C19H23FN2O2/c1-15(17-6-3-2-4-7-17)24-13-5-12-21-19(23)22-14-16-8-10-18(20)11-9-16/h2-4,6-11,15H,5,12-14H2,1H3,(H2,21,22,23)/t15-/m0/s1. The maximum Gasteiger partial charge on any atom is 0.315 e. The molecule has 1 atom stereocenters. The molecule has 0 spiro atoms. The van der Waals surface area contributed by atoms with Crippen LogP contribution in [0.5, 0.6) is 0 Å². The lowest BCUT2D eigenvalue weighted by Gasteiger charge is -2.13. The van der Waals surface area contributed by atoms with Gasteiger partial charge < -0.3 is 15.4 Å². The summed E-state index contributed by atoms with van der Waals surface area (Å²) in [6.45, 7) is 3.50. The maximum absolute atomic E-state index is 12.8. The summed E-state index contributed by atoms with van der Waals surface area (Å²) in [4.78, 5) is 11.7. The Labute approximate surface area is 142 Å². The van der Waals surface area contributed by atoms with Crippen LogP contribution in [0.3, 0.4) is 0 Å². The third-order valence-corrected chi connectivity index (χ3v) is 3.61. The van der Waals surface area contributed by atoms with Crippen molar-refractivity contribution in [2.24, 2.45) is 0 Å². The molecule has 2 rings (SSSR count). The first-order valence-electron chi connectivity index (χ1n) is 8.08. The Hall–Kier alpha value is -2.40. The van der Waals surface area contributed by atoms with Gasteiger partial charge in [-0.2, -0.15) is 0 Å². The number of nitrogens with one attached hydrogen (secondary N) is 2. The molecule has 0 heterocycles. The highest BCUT2D eigenvalue weighted by atomic mass is 19.1. The average molecular weight is 330 g/mol. The van der Waals surface area contributed by atoms with Crippen LogP contribution >= 0.6 is 0 Å². The van der Waals surface area contributed by atoms with Crippen molar-refractivity contribution >= 4 is 6.03 Å². The zero-order valence-electron chi connectivity index (χ0n) is 13.8. The van der Waals surface area contributed by atoms with Crippen molar-refractivity contribution in [2.45, 2.75) is 26.0 Å². The number of rotatable bonds is 8. The van der Waals surface area contributed by atoms with Crippen LogP contribution in [0, 0.1) is 5.82 Å². The molecule has 0 aliphatic carbocycles. The van der Waals surface area contributed by atoms with Gasteiger partial charge in [0.25, 0.3) is 0 Å². The van der Waals surface area contributed by atoms with E-state index in [1.54, 1.807) is 12.1 Å². The molecule has 0 aromatic heterocycles. The van der Waals surface area contributed by atoms with E-state index in [0.717, 1.165) is 17.5 Å². The Balaban J connectivity index is 1.55. The number of carbonyl (C=O) groups is 1. The number of ether oxygens (including phenoxy) is 1. The fourth-order valence-electron chi connectivity index (χ4n) is 2.20. The van der Waals surface area contributed by atoms with Gasteiger partial charge in [0, 0.05) is 19.7 Å². The van der Waals surface area contributed by atoms with E-state index in [-0.39, 0.29) is 18.0 Å². The van der Waals surface area contributed by atoms with Gasteiger partial charge in [-0.3, -0.25) is 0 Å². The van der Waals surface area contributed by atoms with Crippen LogP contribution in [-0.4, -0.2) is 19.2 Å². The molecular weight excluding hydrogens is 307 g/mol. The third-order valence-electron chi connectivity index (χ3n) is 3.61. The van der Waals surface area contributed by atoms with Crippen LogP contribution < -0.4 is 10.6 Å². The van der Waals surface area contributed by atoms with E-state index in [1.807, 2.05) is 37.3 Å². The van der Waals surface area contributed by atoms with Crippen LogP contribution in [-0.2, 0) is 11.3 Å². The molecule has 2 N–H and O–H groups in total. The van der Waals surface area contributed by atoms with Gasteiger partial charge in [0.2, 0.25) is 0 Å². The first-order chi connectivity index (χ1) is 11.6. The molecule has 2 amide bonds. The second-order valence-electron chi connectivity index (χ2n) is 5.51.